The lowest BCUT2D eigenvalue weighted by Gasteiger charge is -2.55. The summed E-state index contributed by atoms with van der Waals surface area (Å²) in [6.45, 7) is 0.687. The van der Waals surface area contributed by atoms with Crippen molar-refractivity contribution in [2.24, 2.45) is 23.2 Å². The van der Waals surface area contributed by atoms with Crippen LogP contribution in [0.5, 0.6) is 5.75 Å². The summed E-state index contributed by atoms with van der Waals surface area (Å²) in [5.74, 6) is 2.58. The van der Waals surface area contributed by atoms with Crippen molar-refractivity contribution in [3.8, 4) is 5.75 Å². The van der Waals surface area contributed by atoms with Crippen LogP contribution in [-0.2, 0) is 9.59 Å². The lowest BCUT2D eigenvalue weighted by Crippen LogP contribution is -2.54. The molecular formula is C21H26Cl2N2O3. The van der Waals surface area contributed by atoms with E-state index in [1.54, 1.807) is 18.2 Å². The summed E-state index contributed by atoms with van der Waals surface area (Å²) in [4.78, 5) is 24.8. The second-order valence-electron chi connectivity index (χ2n) is 8.67. The molecule has 2 N–H and O–H groups in total. The number of ether oxygens (including phenoxy) is 1. The van der Waals surface area contributed by atoms with Gasteiger partial charge in [-0.25, -0.2) is 0 Å². The topological polar surface area (TPSA) is 67.4 Å². The summed E-state index contributed by atoms with van der Waals surface area (Å²) in [6, 6.07) is 4.85. The molecule has 4 aliphatic carbocycles. The van der Waals surface area contributed by atoms with Gasteiger partial charge in [0.05, 0.1) is 5.02 Å². The zero-order valence-electron chi connectivity index (χ0n) is 15.8. The second kappa shape index (κ2) is 8.11. The summed E-state index contributed by atoms with van der Waals surface area (Å²) in [5.41, 5.74) is -0.146. The molecule has 0 saturated heterocycles. The van der Waals surface area contributed by atoms with Gasteiger partial charge in [0.1, 0.15) is 5.75 Å². The van der Waals surface area contributed by atoms with Crippen LogP contribution in [-0.4, -0.2) is 31.5 Å². The van der Waals surface area contributed by atoms with E-state index < -0.39 is 0 Å². The smallest absolute Gasteiger partial charge is 0.258 e. The van der Waals surface area contributed by atoms with Gasteiger partial charge >= 0.3 is 0 Å². The fraction of sp³-hybridized carbons (Fsp3) is 0.619. The molecule has 5 rings (SSSR count). The minimum Gasteiger partial charge on any atom is -0.482 e. The van der Waals surface area contributed by atoms with E-state index in [0.29, 0.717) is 28.9 Å². The van der Waals surface area contributed by atoms with Crippen LogP contribution >= 0.6 is 23.2 Å². The summed E-state index contributed by atoms with van der Waals surface area (Å²) < 4.78 is 5.41. The van der Waals surface area contributed by atoms with E-state index in [0.717, 1.165) is 37.0 Å². The zero-order chi connectivity index (χ0) is 19.7. The SMILES string of the molecule is O=C(COc1ccc(Cl)cc1Cl)NCCNC(=O)C12CC3CC(CC(C3)C1)C2. The van der Waals surface area contributed by atoms with Crippen molar-refractivity contribution in [2.45, 2.75) is 38.5 Å². The standard InChI is InChI=1S/C21H26Cl2N2O3/c22-16-1-2-18(17(23)8-16)28-12-19(26)24-3-4-25-20(27)21-9-13-5-14(10-21)7-15(6-13)11-21/h1-2,8,13-15H,3-7,9-12H2,(H,24,26)(H,25,27). The summed E-state index contributed by atoms with van der Waals surface area (Å²) in [7, 11) is 0. The van der Waals surface area contributed by atoms with Crippen molar-refractivity contribution in [1.82, 2.24) is 10.6 Å². The number of amides is 2. The second-order valence-corrected chi connectivity index (χ2v) is 9.51. The Bertz CT molecular complexity index is 733. The number of nitrogens with one attached hydrogen (secondary N) is 2. The van der Waals surface area contributed by atoms with Gasteiger partial charge in [0.15, 0.2) is 6.61 Å². The third-order valence-corrected chi connectivity index (χ3v) is 7.04. The Kier molecular flexibility index (Phi) is 5.75. The Morgan fingerprint density at radius 1 is 1.00 bits per heavy atom. The van der Waals surface area contributed by atoms with Gasteiger partial charge in [-0.1, -0.05) is 23.2 Å². The molecule has 0 heterocycles. The molecule has 1 aromatic rings. The van der Waals surface area contributed by atoms with Crippen molar-refractivity contribution in [3.05, 3.63) is 28.2 Å². The Balaban J connectivity index is 1.17. The molecule has 0 aliphatic heterocycles. The molecule has 28 heavy (non-hydrogen) atoms. The molecule has 4 fully saturated rings. The number of hydrogen-bond donors (Lipinski definition) is 2. The van der Waals surface area contributed by atoms with Crippen molar-refractivity contribution in [2.75, 3.05) is 19.7 Å². The summed E-state index contributed by atoms with van der Waals surface area (Å²) >= 11 is 11.8. The number of benzene rings is 1. The molecule has 0 radical (unpaired) electrons. The van der Waals surface area contributed by atoms with Crippen LogP contribution in [0.25, 0.3) is 0 Å². The lowest BCUT2D eigenvalue weighted by molar-refractivity contribution is -0.146. The van der Waals surface area contributed by atoms with Gasteiger partial charge in [-0.2, -0.15) is 0 Å². The fourth-order valence-electron chi connectivity index (χ4n) is 5.74. The number of hydrogen-bond acceptors (Lipinski definition) is 3. The minimum absolute atomic E-state index is 0.135. The van der Waals surface area contributed by atoms with Crippen LogP contribution in [0.4, 0.5) is 0 Å². The van der Waals surface area contributed by atoms with E-state index in [9.17, 15) is 9.59 Å². The number of carbonyl (C=O) groups excluding carboxylic acids is 2. The Morgan fingerprint density at radius 2 is 1.61 bits per heavy atom. The monoisotopic (exact) mass is 424 g/mol. The molecule has 0 atom stereocenters. The van der Waals surface area contributed by atoms with Gasteiger partial charge in [-0.3, -0.25) is 9.59 Å². The van der Waals surface area contributed by atoms with Gasteiger partial charge in [0.2, 0.25) is 5.91 Å². The molecule has 4 aliphatic rings. The Morgan fingerprint density at radius 3 is 2.21 bits per heavy atom. The molecule has 4 bridgehead atoms. The third-order valence-electron chi connectivity index (χ3n) is 6.51. The molecule has 152 valence electrons. The van der Waals surface area contributed by atoms with Crippen LogP contribution in [0.15, 0.2) is 18.2 Å². The minimum atomic E-state index is -0.255. The van der Waals surface area contributed by atoms with Crippen LogP contribution in [0.1, 0.15) is 38.5 Å². The predicted octanol–water partition coefficient (Wildman–Crippen LogP) is 3.82. The highest BCUT2D eigenvalue weighted by molar-refractivity contribution is 6.35. The normalized spacial score (nSPS) is 30.1. The van der Waals surface area contributed by atoms with Crippen molar-refractivity contribution in [1.29, 1.82) is 0 Å². The van der Waals surface area contributed by atoms with Crippen molar-refractivity contribution >= 4 is 35.0 Å². The maximum Gasteiger partial charge on any atom is 0.258 e. The number of rotatable bonds is 7. The first-order valence-electron chi connectivity index (χ1n) is 10.1. The molecule has 4 saturated carbocycles. The lowest BCUT2D eigenvalue weighted by atomic mass is 9.49. The molecule has 0 spiro atoms. The Labute approximate surface area is 175 Å². The molecule has 1 aromatic carbocycles. The molecule has 7 heteroatoms. The van der Waals surface area contributed by atoms with Crippen molar-refractivity contribution < 1.29 is 14.3 Å². The van der Waals surface area contributed by atoms with Crippen LogP contribution in [0.2, 0.25) is 10.0 Å². The first-order chi connectivity index (χ1) is 13.4. The average Bonchev–Trinajstić information content (AvgIpc) is 2.63. The van der Waals surface area contributed by atoms with E-state index in [-0.39, 0.29) is 23.8 Å². The van der Waals surface area contributed by atoms with Crippen LogP contribution in [0, 0.1) is 23.2 Å². The highest BCUT2D eigenvalue weighted by atomic mass is 35.5. The summed E-state index contributed by atoms with van der Waals surface area (Å²) in [6.07, 6.45) is 7.10. The van der Waals surface area contributed by atoms with Crippen LogP contribution < -0.4 is 15.4 Å². The van der Waals surface area contributed by atoms with Gasteiger partial charge in [0.25, 0.3) is 5.91 Å². The zero-order valence-corrected chi connectivity index (χ0v) is 17.3. The first-order valence-corrected chi connectivity index (χ1v) is 10.8. The quantitative estimate of drug-likeness (QED) is 0.653. The van der Waals surface area contributed by atoms with Gasteiger partial charge in [0, 0.05) is 23.5 Å². The van der Waals surface area contributed by atoms with Gasteiger partial charge < -0.3 is 15.4 Å². The fourth-order valence-corrected chi connectivity index (χ4v) is 6.20. The first kappa shape index (κ1) is 19.8. The van der Waals surface area contributed by atoms with Crippen LogP contribution in [0.3, 0.4) is 0 Å². The molecular weight excluding hydrogens is 399 g/mol. The summed E-state index contributed by atoms with van der Waals surface area (Å²) in [5, 5.41) is 6.69. The van der Waals surface area contributed by atoms with E-state index in [1.165, 1.54) is 19.3 Å². The third kappa shape index (κ3) is 4.25. The predicted molar refractivity (Wildman–Crippen MR) is 109 cm³/mol. The highest BCUT2D eigenvalue weighted by Gasteiger charge is 2.54. The maximum atomic E-state index is 12.8. The van der Waals surface area contributed by atoms with E-state index in [1.807, 2.05) is 0 Å². The average molecular weight is 425 g/mol. The maximum absolute atomic E-state index is 12.8. The molecule has 5 nitrogen and oxygen atoms in total. The van der Waals surface area contributed by atoms with E-state index in [2.05, 4.69) is 10.6 Å². The number of halogens is 2. The molecule has 0 aromatic heterocycles. The largest absolute Gasteiger partial charge is 0.482 e. The van der Waals surface area contributed by atoms with Gasteiger partial charge in [-0.15, -0.1) is 0 Å². The molecule has 0 unspecified atom stereocenters. The number of carbonyl (C=O) groups is 2. The van der Waals surface area contributed by atoms with E-state index >= 15 is 0 Å². The van der Waals surface area contributed by atoms with Gasteiger partial charge in [-0.05, 0) is 74.5 Å². The van der Waals surface area contributed by atoms with E-state index in [4.69, 9.17) is 27.9 Å². The Hall–Kier alpha value is -1.46. The van der Waals surface area contributed by atoms with Crippen molar-refractivity contribution in [3.63, 3.8) is 0 Å². The highest BCUT2D eigenvalue weighted by Crippen LogP contribution is 2.60. The molecule has 2 amide bonds.